The SMILES string of the molecule is CCCCCCCNC(=S)Nc1sc(C)cc1C(=O)OC. The summed E-state index contributed by atoms with van der Waals surface area (Å²) >= 11 is 6.76. The molecule has 0 aliphatic rings. The summed E-state index contributed by atoms with van der Waals surface area (Å²) in [6, 6.07) is 1.81. The number of thiophene rings is 1. The highest BCUT2D eigenvalue weighted by Gasteiger charge is 2.15. The van der Waals surface area contributed by atoms with Gasteiger partial charge in [-0.25, -0.2) is 4.79 Å². The van der Waals surface area contributed by atoms with Crippen molar-refractivity contribution in [3.8, 4) is 0 Å². The fourth-order valence-corrected chi connectivity index (χ4v) is 3.12. The highest BCUT2D eigenvalue weighted by atomic mass is 32.1. The fourth-order valence-electron chi connectivity index (χ4n) is 1.95. The van der Waals surface area contributed by atoms with Gasteiger partial charge in [-0.05, 0) is 31.6 Å². The first-order valence-corrected chi connectivity index (χ1v) is 8.54. The Hall–Kier alpha value is -1.14. The average molecular weight is 329 g/mol. The van der Waals surface area contributed by atoms with Gasteiger partial charge in [0.15, 0.2) is 5.11 Å². The van der Waals surface area contributed by atoms with E-state index in [4.69, 9.17) is 17.0 Å². The van der Waals surface area contributed by atoms with Crippen molar-refractivity contribution in [2.24, 2.45) is 0 Å². The highest BCUT2D eigenvalue weighted by molar-refractivity contribution is 7.80. The Morgan fingerprint density at radius 3 is 2.71 bits per heavy atom. The van der Waals surface area contributed by atoms with Crippen LogP contribution in [0.1, 0.15) is 54.3 Å². The molecule has 0 bridgehead atoms. The number of hydrogen-bond donors (Lipinski definition) is 2. The summed E-state index contributed by atoms with van der Waals surface area (Å²) < 4.78 is 4.77. The molecule has 1 rings (SSSR count). The summed E-state index contributed by atoms with van der Waals surface area (Å²) in [6.45, 7) is 5.01. The number of unbranched alkanes of at least 4 members (excludes halogenated alkanes) is 4. The molecule has 6 heteroatoms. The van der Waals surface area contributed by atoms with E-state index in [0.717, 1.165) is 22.8 Å². The third-order valence-electron chi connectivity index (χ3n) is 3.05. The largest absolute Gasteiger partial charge is 0.465 e. The normalized spacial score (nSPS) is 10.2. The number of methoxy groups -OCH3 is 1. The van der Waals surface area contributed by atoms with Crippen LogP contribution in [0.5, 0.6) is 0 Å². The van der Waals surface area contributed by atoms with E-state index in [9.17, 15) is 4.79 Å². The van der Waals surface area contributed by atoms with Crippen molar-refractivity contribution in [2.45, 2.75) is 46.0 Å². The zero-order chi connectivity index (χ0) is 15.7. The Labute approximate surface area is 136 Å². The van der Waals surface area contributed by atoms with E-state index in [1.165, 1.54) is 44.1 Å². The number of thiocarbonyl (C=S) groups is 1. The Balaban J connectivity index is 2.39. The van der Waals surface area contributed by atoms with Crippen molar-refractivity contribution < 1.29 is 9.53 Å². The van der Waals surface area contributed by atoms with Gasteiger partial charge < -0.3 is 15.4 Å². The zero-order valence-corrected chi connectivity index (χ0v) is 14.6. The van der Waals surface area contributed by atoms with Gasteiger partial charge in [-0.3, -0.25) is 0 Å². The van der Waals surface area contributed by atoms with Gasteiger partial charge in [0.1, 0.15) is 5.00 Å². The molecular formula is C15H24N2O2S2. The molecule has 0 aliphatic carbocycles. The van der Waals surface area contributed by atoms with Gasteiger partial charge >= 0.3 is 5.97 Å². The summed E-state index contributed by atoms with van der Waals surface area (Å²) in [5, 5.41) is 7.55. The smallest absolute Gasteiger partial charge is 0.340 e. The van der Waals surface area contributed by atoms with Crippen molar-refractivity contribution >= 4 is 39.6 Å². The first-order valence-electron chi connectivity index (χ1n) is 7.32. The number of hydrogen-bond acceptors (Lipinski definition) is 4. The molecule has 0 fully saturated rings. The number of carbonyl (C=O) groups excluding carboxylic acids is 1. The van der Waals surface area contributed by atoms with E-state index in [0.29, 0.717) is 10.7 Å². The molecule has 0 saturated carbocycles. The minimum atomic E-state index is -0.343. The third-order valence-corrected chi connectivity index (χ3v) is 4.27. The minimum Gasteiger partial charge on any atom is -0.465 e. The van der Waals surface area contributed by atoms with Crippen molar-refractivity contribution in [2.75, 3.05) is 19.0 Å². The lowest BCUT2D eigenvalue weighted by Gasteiger charge is -2.10. The summed E-state index contributed by atoms with van der Waals surface area (Å²) in [5.41, 5.74) is 0.534. The molecule has 4 nitrogen and oxygen atoms in total. The maximum absolute atomic E-state index is 11.7. The van der Waals surface area contributed by atoms with Crippen LogP contribution in [-0.4, -0.2) is 24.7 Å². The van der Waals surface area contributed by atoms with E-state index in [1.807, 2.05) is 13.0 Å². The Morgan fingerprint density at radius 2 is 2.05 bits per heavy atom. The van der Waals surface area contributed by atoms with E-state index in [-0.39, 0.29) is 5.97 Å². The lowest BCUT2D eigenvalue weighted by atomic mass is 10.1. The number of aryl methyl sites for hydroxylation is 1. The summed E-state index contributed by atoms with van der Waals surface area (Å²) in [4.78, 5) is 12.7. The molecule has 118 valence electrons. The molecule has 1 heterocycles. The minimum absolute atomic E-state index is 0.343. The fraction of sp³-hybridized carbons (Fsp3) is 0.600. The number of anilines is 1. The van der Waals surface area contributed by atoms with Gasteiger partial charge in [0.25, 0.3) is 0 Å². The summed E-state index contributed by atoms with van der Waals surface area (Å²) in [7, 11) is 1.38. The molecule has 0 saturated heterocycles. The first-order chi connectivity index (χ1) is 10.1. The molecule has 1 aromatic heterocycles. The highest BCUT2D eigenvalue weighted by Crippen LogP contribution is 2.28. The number of esters is 1. The van der Waals surface area contributed by atoms with Crippen LogP contribution in [-0.2, 0) is 4.74 Å². The lowest BCUT2D eigenvalue weighted by Crippen LogP contribution is -2.29. The Morgan fingerprint density at radius 1 is 1.33 bits per heavy atom. The zero-order valence-electron chi connectivity index (χ0n) is 13.0. The molecule has 0 aromatic carbocycles. The van der Waals surface area contributed by atoms with Crippen LogP contribution in [0.4, 0.5) is 5.00 Å². The number of ether oxygens (including phenoxy) is 1. The monoisotopic (exact) mass is 328 g/mol. The van der Waals surface area contributed by atoms with Gasteiger partial charge in [0, 0.05) is 11.4 Å². The van der Waals surface area contributed by atoms with E-state index < -0.39 is 0 Å². The van der Waals surface area contributed by atoms with Crippen LogP contribution in [0.25, 0.3) is 0 Å². The molecular weight excluding hydrogens is 304 g/mol. The van der Waals surface area contributed by atoms with Gasteiger partial charge in [-0.1, -0.05) is 32.6 Å². The van der Waals surface area contributed by atoms with E-state index in [1.54, 1.807) is 0 Å². The van der Waals surface area contributed by atoms with Crippen LogP contribution < -0.4 is 10.6 Å². The molecule has 21 heavy (non-hydrogen) atoms. The van der Waals surface area contributed by atoms with Crippen LogP contribution in [0.15, 0.2) is 6.07 Å². The Bertz CT molecular complexity index is 472. The van der Waals surface area contributed by atoms with Crippen LogP contribution in [0.2, 0.25) is 0 Å². The van der Waals surface area contributed by atoms with Crippen LogP contribution in [0, 0.1) is 6.92 Å². The van der Waals surface area contributed by atoms with Gasteiger partial charge in [0.2, 0.25) is 0 Å². The van der Waals surface area contributed by atoms with E-state index in [2.05, 4.69) is 17.6 Å². The first kappa shape index (κ1) is 17.9. The number of rotatable bonds is 8. The second-order valence-electron chi connectivity index (χ2n) is 4.89. The second kappa shape index (κ2) is 9.73. The molecule has 0 atom stereocenters. The summed E-state index contributed by atoms with van der Waals surface area (Å²) in [5.74, 6) is -0.343. The maximum Gasteiger partial charge on any atom is 0.340 e. The molecule has 0 unspecified atom stereocenters. The lowest BCUT2D eigenvalue weighted by molar-refractivity contribution is 0.0602. The van der Waals surface area contributed by atoms with Gasteiger partial charge in [-0.2, -0.15) is 0 Å². The topological polar surface area (TPSA) is 50.4 Å². The molecule has 0 spiro atoms. The van der Waals surface area contributed by atoms with Gasteiger partial charge in [0.05, 0.1) is 12.7 Å². The molecule has 1 aromatic rings. The van der Waals surface area contributed by atoms with Gasteiger partial charge in [-0.15, -0.1) is 11.3 Å². The predicted molar refractivity (Wildman–Crippen MR) is 93.4 cm³/mol. The quantitative estimate of drug-likeness (QED) is 0.427. The Kier molecular flexibility index (Phi) is 8.30. The second-order valence-corrected chi connectivity index (χ2v) is 6.55. The van der Waals surface area contributed by atoms with Crippen molar-refractivity contribution in [3.05, 3.63) is 16.5 Å². The molecule has 0 amide bonds. The molecule has 0 aliphatic heterocycles. The van der Waals surface area contributed by atoms with Crippen LogP contribution >= 0.6 is 23.6 Å². The summed E-state index contributed by atoms with van der Waals surface area (Å²) in [6.07, 6.45) is 6.14. The molecule has 0 radical (unpaired) electrons. The maximum atomic E-state index is 11.7. The predicted octanol–water partition coefficient (Wildman–Crippen LogP) is 4.10. The van der Waals surface area contributed by atoms with Crippen molar-refractivity contribution in [3.63, 3.8) is 0 Å². The third kappa shape index (κ3) is 6.44. The van der Waals surface area contributed by atoms with Crippen molar-refractivity contribution in [1.82, 2.24) is 5.32 Å². The van der Waals surface area contributed by atoms with E-state index >= 15 is 0 Å². The molecule has 2 N–H and O–H groups in total. The van der Waals surface area contributed by atoms with Crippen LogP contribution in [0.3, 0.4) is 0 Å². The standard InChI is InChI=1S/C15H24N2O2S2/c1-4-5-6-7-8-9-16-15(20)17-13-12(14(18)19-3)10-11(2)21-13/h10H,4-9H2,1-3H3,(H2,16,17,20). The number of carbonyl (C=O) groups is 1. The number of nitrogens with one attached hydrogen (secondary N) is 2. The average Bonchev–Trinajstić information content (AvgIpc) is 2.82. The van der Waals surface area contributed by atoms with Crippen molar-refractivity contribution in [1.29, 1.82) is 0 Å².